The Morgan fingerprint density at radius 2 is 1.91 bits per heavy atom. The summed E-state index contributed by atoms with van der Waals surface area (Å²) in [7, 11) is 4.15. The van der Waals surface area contributed by atoms with Crippen LogP contribution >= 0.6 is 0 Å². The number of nitrogens with zero attached hydrogens (tertiary/aromatic N) is 3. The third kappa shape index (κ3) is 3.06. The lowest BCUT2D eigenvalue weighted by Crippen LogP contribution is -2.38. The molecule has 0 amide bonds. The number of amidine groups is 1. The van der Waals surface area contributed by atoms with Crippen LogP contribution in [0.15, 0.2) is 29.3 Å². The molecule has 22 heavy (non-hydrogen) atoms. The lowest BCUT2D eigenvalue weighted by atomic mass is 9.95. The number of hydrogen-bond acceptors (Lipinski definition) is 4. The highest BCUT2D eigenvalue weighted by atomic mass is 16.5. The van der Waals surface area contributed by atoms with E-state index in [1.54, 1.807) is 0 Å². The third-order valence-corrected chi connectivity index (χ3v) is 4.50. The minimum absolute atomic E-state index is 0.0912. The molecule has 0 aromatic heterocycles. The van der Waals surface area contributed by atoms with Crippen molar-refractivity contribution in [2.45, 2.75) is 44.7 Å². The highest BCUT2D eigenvalue weighted by molar-refractivity contribution is 5.76. The van der Waals surface area contributed by atoms with E-state index in [4.69, 9.17) is 9.73 Å². The number of likely N-dealkylation sites (tertiary alicyclic amines) is 1. The summed E-state index contributed by atoms with van der Waals surface area (Å²) >= 11 is 0. The Balaban J connectivity index is 1.84. The molecule has 3 rings (SSSR count). The topological polar surface area (TPSA) is 28.1 Å². The molecule has 0 saturated carbocycles. The van der Waals surface area contributed by atoms with Crippen molar-refractivity contribution in [1.82, 2.24) is 4.90 Å². The van der Waals surface area contributed by atoms with Gasteiger partial charge in [-0.05, 0) is 50.8 Å². The van der Waals surface area contributed by atoms with Gasteiger partial charge >= 0.3 is 0 Å². The van der Waals surface area contributed by atoms with Crippen LogP contribution in [-0.4, -0.2) is 43.7 Å². The lowest BCUT2D eigenvalue weighted by molar-refractivity contribution is 0.175. The standard InChI is InChI=1S/C18H27N3O/c1-18(2)13-22-17(19-18)21-12-6-5-7-16(21)14-8-10-15(11-9-14)20(3)4/h8-11,16H,5-7,12-13H2,1-4H3. The van der Waals surface area contributed by atoms with Crippen molar-refractivity contribution in [2.24, 2.45) is 4.99 Å². The Labute approximate surface area is 133 Å². The molecule has 4 nitrogen and oxygen atoms in total. The van der Waals surface area contributed by atoms with Crippen molar-refractivity contribution in [3.63, 3.8) is 0 Å². The Bertz CT molecular complexity index is 548. The lowest BCUT2D eigenvalue weighted by Gasteiger charge is -2.36. The van der Waals surface area contributed by atoms with Gasteiger partial charge in [-0.3, -0.25) is 0 Å². The van der Waals surface area contributed by atoms with E-state index in [0.717, 1.165) is 12.6 Å². The van der Waals surface area contributed by atoms with Crippen LogP contribution in [0.3, 0.4) is 0 Å². The van der Waals surface area contributed by atoms with Crippen molar-refractivity contribution >= 4 is 11.7 Å². The zero-order valence-corrected chi connectivity index (χ0v) is 14.2. The van der Waals surface area contributed by atoms with E-state index in [1.165, 1.54) is 30.5 Å². The molecular formula is C18H27N3O. The van der Waals surface area contributed by atoms with Gasteiger partial charge in [-0.25, -0.2) is 4.99 Å². The van der Waals surface area contributed by atoms with Gasteiger partial charge in [-0.15, -0.1) is 0 Å². The predicted octanol–water partition coefficient (Wildman–Crippen LogP) is 3.44. The van der Waals surface area contributed by atoms with Crippen molar-refractivity contribution in [2.75, 3.05) is 32.1 Å². The first kappa shape index (κ1) is 15.2. The molecule has 120 valence electrons. The quantitative estimate of drug-likeness (QED) is 0.837. The number of aliphatic imine (C=N–C) groups is 1. The first-order chi connectivity index (χ1) is 10.5. The smallest absolute Gasteiger partial charge is 0.288 e. The zero-order valence-electron chi connectivity index (χ0n) is 14.2. The van der Waals surface area contributed by atoms with Gasteiger partial charge < -0.3 is 14.5 Å². The normalized spacial score (nSPS) is 23.9. The molecule has 0 spiro atoms. The number of piperidine rings is 1. The van der Waals surface area contributed by atoms with E-state index in [-0.39, 0.29) is 5.54 Å². The minimum Gasteiger partial charge on any atom is -0.463 e. The second-order valence-corrected chi connectivity index (χ2v) is 7.19. The van der Waals surface area contributed by atoms with Gasteiger partial charge in [0.15, 0.2) is 0 Å². The molecule has 0 radical (unpaired) electrons. The average molecular weight is 301 g/mol. The van der Waals surface area contributed by atoms with E-state index < -0.39 is 0 Å². The molecule has 1 saturated heterocycles. The Morgan fingerprint density at radius 1 is 1.18 bits per heavy atom. The van der Waals surface area contributed by atoms with E-state index in [2.05, 4.69) is 62.0 Å². The van der Waals surface area contributed by atoms with Crippen LogP contribution in [0.2, 0.25) is 0 Å². The van der Waals surface area contributed by atoms with Crippen molar-refractivity contribution in [3.8, 4) is 0 Å². The molecule has 0 aliphatic carbocycles. The van der Waals surface area contributed by atoms with Gasteiger partial charge in [0.1, 0.15) is 6.61 Å². The van der Waals surface area contributed by atoms with Crippen LogP contribution in [0, 0.1) is 0 Å². The summed E-state index contributed by atoms with van der Waals surface area (Å²) in [5, 5.41) is 0. The van der Waals surface area contributed by atoms with Gasteiger partial charge in [0, 0.05) is 26.3 Å². The largest absolute Gasteiger partial charge is 0.463 e. The number of rotatable bonds is 2. The highest BCUT2D eigenvalue weighted by Crippen LogP contribution is 2.34. The van der Waals surface area contributed by atoms with Crippen LogP contribution < -0.4 is 4.90 Å². The maximum atomic E-state index is 5.89. The van der Waals surface area contributed by atoms with Crippen LogP contribution in [0.4, 0.5) is 5.69 Å². The molecule has 2 aliphatic heterocycles. The summed E-state index contributed by atoms with van der Waals surface area (Å²) in [5.74, 6) is 0. The molecule has 1 unspecified atom stereocenters. The Hall–Kier alpha value is -1.71. The van der Waals surface area contributed by atoms with Crippen LogP contribution in [-0.2, 0) is 4.74 Å². The van der Waals surface area contributed by atoms with E-state index in [1.807, 2.05) is 0 Å². The summed E-state index contributed by atoms with van der Waals surface area (Å²) in [6.07, 6.45) is 3.66. The monoisotopic (exact) mass is 301 g/mol. The first-order valence-electron chi connectivity index (χ1n) is 8.23. The molecule has 2 aliphatic rings. The number of anilines is 1. The maximum absolute atomic E-state index is 5.89. The van der Waals surface area contributed by atoms with Crippen molar-refractivity contribution in [1.29, 1.82) is 0 Å². The van der Waals surface area contributed by atoms with Crippen LogP contribution in [0.25, 0.3) is 0 Å². The van der Waals surface area contributed by atoms with Gasteiger partial charge in [-0.1, -0.05) is 12.1 Å². The zero-order chi connectivity index (χ0) is 15.7. The van der Waals surface area contributed by atoms with Gasteiger partial charge in [-0.2, -0.15) is 0 Å². The molecule has 1 atom stereocenters. The molecular weight excluding hydrogens is 274 g/mol. The summed E-state index contributed by atoms with van der Waals surface area (Å²) in [6.45, 7) is 5.98. The summed E-state index contributed by atoms with van der Waals surface area (Å²) < 4.78 is 5.89. The second-order valence-electron chi connectivity index (χ2n) is 7.19. The van der Waals surface area contributed by atoms with E-state index in [9.17, 15) is 0 Å². The molecule has 0 bridgehead atoms. The molecule has 0 N–H and O–H groups in total. The average Bonchev–Trinajstić information content (AvgIpc) is 2.87. The molecule has 1 fully saturated rings. The number of benzene rings is 1. The van der Waals surface area contributed by atoms with Gasteiger partial charge in [0.2, 0.25) is 0 Å². The van der Waals surface area contributed by atoms with E-state index >= 15 is 0 Å². The summed E-state index contributed by atoms with van der Waals surface area (Å²) in [6, 6.07) is 10.1. The molecule has 1 aromatic carbocycles. The van der Waals surface area contributed by atoms with Crippen LogP contribution in [0.5, 0.6) is 0 Å². The molecule has 4 heteroatoms. The van der Waals surface area contributed by atoms with Crippen LogP contribution in [0.1, 0.15) is 44.7 Å². The fourth-order valence-electron chi connectivity index (χ4n) is 3.21. The van der Waals surface area contributed by atoms with Gasteiger partial charge in [0.05, 0.1) is 11.6 Å². The summed E-state index contributed by atoms with van der Waals surface area (Å²) in [5.41, 5.74) is 2.51. The summed E-state index contributed by atoms with van der Waals surface area (Å²) in [4.78, 5) is 9.28. The number of hydrogen-bond donors (Lipinski definition) is 0. The predicted molar refractivity (Wildman–Crippen MR) is 91.5 cm³/mol. The first-order valence-corrected chi connectivity index (χ1v) is 8.23. The third-order valence-electron chi connectivity index (χ3n) is 4.50. The minimum atomic E-state index is -0.0912. The van der Waals surface area contributed by atoms with Gasteiger partial charge in [0.25, 0.3) is 6.02 Å². The molecule has 2 heterocycles. The van der Waals surface area contributed by atoms with E-state index in [0.29, 0.717) is 12.6 Å². The Kier molecular flexibility index (Phi) is 4.02. The van der Waals surface area contributed by atoms with Crippen molar-refractivity contribution < 1.29 is 4.74 Å². The fraction of sp³-hybridized carbons (Fsp3) is 0.611. The molecule has 1 aromatic rings. The second kappa shape index (κ2) is 5.82. The SMILES string of the molecule is CN(C)c1ccc(C2CCCCN2C2=NC(C)(C)CO2)cc1. The maximum Gasteiger partial charge on any atom is 0.288 e. The van der Waals surface area contributed by atoms with Crippen molar-refractivity contribution in [3.05, 3.63) is 29.8 Å². The Morgan fingerprint density at radius 3 is 2.50 bits per heavy atom. The highest BCUT2D eigenvalue weighted by Gasteiger charge is 2.34. The number of ether oxygens (including phenoxy) is 1. The fourth-order valence-corrected chi connectivity index (χ4v) is 3.21.